The van der Waals surface area contributed by atoms with Gasteiger partial charge in [-0.05, 0) is 30.3 Å². The molecule has 1 aromatic rings. The topological polar surface area (TPSA) is 15.7 Å². The van der Waals surface area contributed by atoms with Crippen LogP contribution in [0.15, 0.2) is 35.8 Å². The van der Waals surface area contributed by atoms with E-state index in [9.17, 15) is 0 Å². The Morgan fingerprint density at radius 1 is 1.11 bits per heavy atom. The molecule has 1 atom stereocenters. The number of benzene rings is 1. The van der Waals surface area contributed by atoms with Crippen molar-refractivity contribution in [1.29, 1.82) is 0 Å². The van der Waals surface area contributed by atoms with E-state index in [4.69, 9.17) is 16.5 Å². The summed E-state index contributed by atoms with van der Waals surface area (Å²) in [5.74, 6) is 2.57. The molecule has 0 radical (unpaired) electrons. The van der Waals surface area contributed by atoms with Gasteiger partial charge in [0.05, 0.1) is 13.2 Å². The van der Waals surface area contributed by atoms with Crippen molar-refractivity contribution in [3.8, 4) is 0 Å². The minimum Gasteiger partial charge on any atom is -0.379 e. The lowest BCUT2D eigenvalue weighted by atomic mass is 9.84. The average molecular weight is 405 g/mol. The molecule has 1 aromatic carbocycles. The quantitative estimate of drug-likeness (QED) is 0.634. The molecule has 27 heavy (non-hydrogen) atoms. The Labute approximate surface area is 169 Å². The van der Waals surface area contributed by atoms with E-state index >= 15 is 0 Å². The van der Waals surface area contributed by atoms with E-state index in [1.165, 1.54) is 49.1 Å². The fraction of sp³-hybridized carbons (Fsp3) is 0.636. The lowest BCUT2D eigenvalue weighted by molar-refractivity contribution is 0.0744. The maximum absolute atomic E-state index is 6.62. The molecule has 1 saturated carbocycles. The molecule has 0 aromatic heterocycles. The Kier molecular flexibility index (Phi) is 5.55. The van der Waals surface area contributed by atoms with Crippen LogP contribution < -0.4 is 4.90 Å². The van der Waals surface area contributed by atoms with Gasteiger partial charge in [0.1, 0.15) is 0 Å². The number of para-hydroxylation sites is 1. The van der Waals surface area contributed by atoms with Gasteiger partial charge in [-0.3, -0.25) is 4.67 Å². The highest BCUT2D eigenvalue weighted by atomic mass is 32.4. The second-order valence-electron chi connectivity index (χ2n) is 8.75. The maximum Gasteiger partial charge on any atom is 0.0597 e. The van der Waals surface area contributed by atoms with E-state index in [-0.39, 0.29) is 5.41 Å². The Bertz CT molecular complexity index is 741. The molecule has 3 aliphatic rings. The molecule has 0 spiro atoms. The number of morpholine rings is 1. The zero-order chi connectivity index (χ0) is 19.1. The number of anilines is 1. The predicted octanol–water partition coefficient (Wildman–Crippen LogP) is 5.31. The van der Waals surface area contributed by atoms with Gasteiger partial charge in [0.15, 0.2) is 0 Å². The van der Waals surface area contributed by atoms with Gasteiger partial charge < -0.3 is 9.64 Å². The normalized spacial score (nSPS) is 27.5. The Morgan fingerprint density at radius 2 is 1.78 bits per heavy atom. The summed E-state index contributed by atoms with van der Waals surface area (Å²) < 4.78 is 8.30. The third kappa shape index (κ3) is 3.44. The first-order chi connectivity index (χ1) is 12.9. The summed E-state index contributed by atoms with van der Waals surface area (Å²) in [7, 11) is 2.22. The minimum atomic E-state index is -1.78. The number of nitrogens with zero attached hydrogens (tertiary/aromatic N) is 2. The average Bonchev–Trinajstić information content (AvgIpc) is 2.90. The number of hydrogen-bond acceptors (Lipinski definition) is 3. The highest BCUT2D eigenvalue weighted by Gasteiger charge is 2.42. The summed E-state index contributed by atoms with van der Waals surface area (Å²) >= 11 is 6.62. The molecule has 1 saturated heterocycles. The maximum atomic E-state index is 6.62. The van der Waals surface area contributed by atoms with Crippen LogP contribution in [0, 0.1) is 0 Å². The second-order valence-corrected chi connectivity index (χ2v) is 13.4. The molecule has 3 nitrogen and oxygen atoms in total. The Morgan fingerprint density at radius 3 is 2.44 bits per heavy atom. The predicted molar refractivity (Wildman–Crippen MR) is 120 cm³/mol. The summed E-state index contributed by atoms with van der Waals surface area (Å²) in [6.45, 7) is 8.37. The van der Waals surface area contributed by atoms with E-state index in [1.54, 1.807) is 0 Å². The van der Waals surface area contributed by atoms with Crippen LogP contribution in [0.5, 0.6) is 0 Å². The van der Waals surface area contributed by atoms with Crippen LogP contribution in [-0.2, 0) is 22.0 Å². The molecule has 4 rings (SSSR count). The largest absolute Gasteiger partial charge is 0.379 e. The number of allylic oxidation sites excluding steroid dienone is 1. The third-order valence-electron chi connectivity index (χ3n) is 6.78. The SMILES string of the molecule is CN1/C(=C\P(=S)(C2CCCCC2)N2CCOCC2)C(C)(C)c2ccccc21. The first-order valence-corrected chi connectivity index (χ1v) is 13.3. The van der Waals surface area contributed by atoms with E-state index < -0.39 is 6.19 Å². The summed E-state index contributed by atoms with van der Waals surface area (Å²) in [6, 6.07) is 8.84. The first kappa shape index (κ1) is 19.6. The van der Waals surface area contributed by atoms with Gasteiger partial charge in [0.2, 0.25) is 0 Å². The van der Waals surface area contributed by atoms with Gasteiger partial charge in [-0.25, -0.2) is 0 Å². The first-order valence-electron chi connectivity index (χ1n) is 10.4. The fourth-order valence-corrected chi connectivity index (χ4v) is 10.1. The van der Waals surface area contributed by atoms with Crippen molar-refractivity contribution in [2.75, 3.05) is 38.3 Å². The minimum absolute atomic E-state index is 0.0103. The highest BCUT2D eigenvalue weighted by molar-refractivity contribution is 8.15. The Balaban J connectivity index is 1.78. The van der Waals surface area contributed by atoms with Crippen LogP contribution in [-0.4, -0.2) is 43.7 Å². The summed E-state index contributed by atoms with van der Waals surface area (Å²) in [5.41, 5.74) is 4.84. The third-order valence-corrected chi connectivity index (χ3v) is 12.1. The van der Waals surface area contributed by atoms with Crippen molar-refractivity contribution < 1.29 is 4.74 Å². The molecule has 5 heteroatoms. The van der Waals surface area contributed by atoms with E-state index in [2.05, 4.69) is 60.5 Å². The lowest BCUT2D eigenvalue weighted by Gasteiger charge is -2.43. The molecule has 148 valence electrons. The van der Waals surface area contributed by atoms with Crippen molar-refractivity contribution in [3.05, 3.63) is 41.3 Å². The Hall–Kier alpha value is -0.670. The van der Waals surface area contributed by atoms with Crippen molar-refractivity contribution >= 4 is 23.7 Å². The molecule has 0 bridgehead atoms. The van der Waals surface area contributed by atoms with Crippen LogP contribution in [0.25, 0.3) is 0 Å². The van der Waals surface area contributed by atoms with Crippen LogP contribution in [0.4, 0.5) is 5.69 Å². The number of rotatable bonds is 3. The van der Waals surface area contributed by atoms with Gasteiger partial charge in [0.25, 0.3) is 0 Å². The molecule has 2 heterocycles. The monoisotopic (exact) mass is 404 g/mol. The number of hydrogen-bond donors (Lipinski definition) is 0. The summed E-state index contributed by atoms with van der Waals surface area (Å²) in [6.07, 6.45) is 4.88. The summed E-state index contributed by atoms with van der Waals surface area (Å²) in [4.78, 5) is 2.40. The molecule has 0 N–H and O–H groups in total. The van der Waals surface area contributed by atoms with Crippen molar-refractivity contribution in [1.82, 2.24) is 4.67 Å². The molecule has 2 aliphatic heterocycles. The highest BCUT2D eigenvalue weighted by Crippen LogP contribution is 2.63. The molecule has 1 unspecified atom stereocenters. The van der Waals surface area contributed by atoms with Gasteiger partial charge in [-0.15, -0.1) is 0 Å². The van der Waals surface area contributed by atoms with Crippen LogP contribution >= 0.6 is 6.19 Å². The number of likely N-dealkylation sites (N-methyl/N-ethyl adjacent to an activating group) is 1. The van der Waals surface area contributed by atoms with Gasteiger partial charge in [-0.1, -0.05) is 63.1 Å². The summed E-state index contributed by atoms with van der Waals surface area (Å²) in [5, 5.41) is 0. The molecular formula is C22H33N2OPS. The van der Waals surface area contributed by atoms with Crippen LogP contribution in [0.1, 0.15) is 51.5 Å². The standard InChI is InChI=1S/C22H33N2OPS/c1-22(2)19-11-7-8-12-20(19)23(3)21(22)17-26(27,18-9-5-4-6-10-18)24-13-15-25-16-14-24/h7-8,11-12,17-18H,4-6,9-10,13-16H2,1-3H3/b21-17-. The van der Waals surface area contributed by atoms with Gasteiger partial charge >= 0.3 is 0 Å². The zero-order valence-corrected chi connectivity index (χ0v) is 18.7. The van der Waals surface area contributed by atoms with Crippen LogP contribution in [0.2, 0.25) is 0 Å². The van der Waals surface area contributed by atoms with Crippen molar-refractivity contribution in [2.45, 2.75) is 57.0 Å². The fourth-order valence-electron chi connectivity index (χ4n) is 5.14. The van der Waals surface area contributed by atoms with E-state index in [0.717, 1.165) is 26.3 Å². The van der Waals surface area contributed by atoms with Crippen molar-refractivity contribution in [3.63, 3.8) is 0 Å². The molecular weight excluding hydrogens is 371 g/mol. The van der Waals surface area contributed by atoms with E-state index in [0.29, 0.717) is 5.66 Å². The van der Waals surface area contributed by atoms with Gasteiger partial charge in [0, 0.05) is 48.8 Å². The zero-order valence-electron chi connectivity index (χ0n) is 17.0. The lowest BCUT2D eigenvalue weighted by Crippen LogP contribution is -2.37. The van der Waals surface area contributed by atoms with Gasteiger partial charge in [-0.2, -0.15) is 0 Å². The molecule has 2 fully saturated rings. The number of ether oxygens (including phenoxy) is 1. The molecule has 0 amide bonds. The van der Waals surface area contributed by atoms with E-state index in [1.807, 2.05) is 0 Å². The second kappa shape index (κ2) is 7.63. The van der Waals surface area contributed by atoms with Crippen molar-refractivity contribution in [2.24, 2.45) is 0 Å². The number of fused-ring (bicyclic) bond motifs is 1. The smallest absolute Gasteiger partial charge is 0.0597 e. The van der Waals surface area contributed by atoms with Crippen LogP contribution in [0.3, 0.4) is 0 Å². The molecule has 1 aliphatic carbocycles.